The molecule has 1 saturated heterocycles. The topological polar surface area (TPSA) is 84.5 Å². The minimum Gasteiger partial charge on any atom is -0.439 e. The second-order valence-electron chi connectivity index (χ2n) is 3.77. The molecule has 0 radical (unpaired) electrons. The lowest BCUT2D eigenvalue weighted by atomic mass is 10.1. The zero-order chi connectivity index (χ0) is 12.5. The number of carbonyl (C=O) groups excluding carboxylic acids is 1. The van der Waals surface area contributed by atoms with Crippen LogP contribution in [0.2, 0.25) is 0 Å². The molecule has 0 aliphatic carbocycles. The standard InChI is InChI=1S/C10H12N2O4S/c1-17(14,15)12-8-4-2-7(3-5-8)9-6-11-10(13)16-9/h2-5,9,12H,6H2,1H3,(H,11,13). The highest BCUT2D eigenvalue weighted by Crippen LogP contribution is 2.22. The number of amides is 1. The molecule has 1 fully saturated rings. The van der Waals surface area contributed by atoms with Crippen LogP contribution in [0.3, 0.4) is 0 Å². The van der Waals surface area contributed by atoms with Crippen LogP contribution in [0.25, 0.3) is 0 Å². The normalized spacial score (nSPS) is 19.6. The van der Waals surface area contributed by atoms with E-state index in [1.165, 1.54) is 0 Å². The van der Waals surface area contributed by atoms with Crippen LogP contribution in [-0.2, 0) is 14.8 Å². The lowest BCUT2D eigenvalue weighted by Crippen LogP contribution is -2.12. The third-order valence-corrected chi connectivity index (χ3v) is 2.87. The van der Waals surface area contributed by atoms with Gasteiger partial charge in [-0.1, -0.05) is 12.1 Å². The van der Waals surface area contributed by atoms with Crippen LogP contribution < -0.4 is 10.0 Å². The summed E-state index contributed by atoms with van der Waals surface area (Å²) in [7, 11) is -3.27. The Morgan fingerprint density at radius 3 is 2.47 bits per heavy atom. The SMILES string of the molecule is CS(=O)(=O)Nc1ccc(C2CNC(=O)O2)cc1. The number of rotatable bonds is 3. The molecule has 2 rings (SSSR count). The Labute approximate surface area is 99.0 Å². The monoisotopic (exact) mass is 256 g/mol. The van der Waals surface area contributed by atoms with Gasteiger partial charge in [0.05, 0.1) is 12.8 Å². The van der Waals surface area contributed by atoms with Crippen molar-refractivity contribution in [1.82, 2.24) is 5.32 Å². The zero-order valence-corrected chi connectivity index (χ0v) is 9.95. The Morgan fingerprint density at radius 1 is 1.35 bits per heavy atom. The van der Waals surface area contributed by atoms with Crippen molar-refractivity contribution in [2.45, 2.75) is 6.10 Å². The van der Waals surface area contributed by atoms with Crippen LogP contribution in [0.5, 0.6) is 0 Å². The van der Waals surface area contributed by atoms with Crippen LogP contribution in [0.15, 0.2) is 24.3 Å². The summed E-state index contributed by atoms with van der Waals surface area (Å²) in [5.41, 5.74) is 1.30. The summed E-state index contributed by atoms with van der Waals surface area (Å²) in [5, 5.41) is 2.55. The van der Waals surface area contributed by atoms with Crippen molar-refractivity contribution in [1.29, 1.82) is 0 Å². The number of hydrogen-bond donors (Lipinski definition) is 2. The summed E-state index contributed by atoms with van der Waals surface area (Å²) in [6.45, 7) is 0.428. The number of carbonyl (C=O) groups is 1. The zero-order valence-electron chi connectivity index (χ0n) is 9.14. The predicted molar refractivity (Wildman–Crippen MR) is 62.1 cm³/mol. The summed E-state index contributed by atoms with van der Waals surface area (Å²) >= 11 is 0. The van der Waals surface area contributed by atoms with Gasteiger partial charge in [0.2, 0.25) is 10.0 Å². The first kappa shape index (κ1) is 11.7. The van der Waals surface area contributed by atoms with Crippen molar-refractivity contribution in [3.63, 3.8) is 0 Å². The second-order valence-corrected chi connectivity index (χ2v) is 5.52. The van der Waals surface area contributed by atoms with E-state index < -0.39 is 16.1 Å². The predicted octanol–water partition coefficient (Wildman–Crippen LogP) is 0.839. The van der Waals surface area contributed by atoms with Crippen molar-refractivity contribution in [3.8, 4) is 0 Å². The average Bonchev–Trinajstić information content (AvgIpc) is 2.63. The van der Waals surface area contributed by atoms with Gasteiger partial charge in [0.25, 0.3) is 0 Å². The fraction of sp³-hybridized carbons (Fsp3) is 0.300. The van der Waals surface area contributed by atoms with E-state index in [2.05, 4.69) is 10.0 Å². The first-order valence-electron chi connectivity index (χ1n) is 4.96. The molecular formula is C10H12N2O4S. The highest BCUT2D eigenvalue weighted by Gasteiger charge is 2.23. The van der Waals surface area contributed by atoms with E-state index in [0.29, 0.717) is 12.2 Å². The molecule has 1 aromatic carbocycles. The molecule has 0 spiro atoms. The number of cyclic esters (lactones) is 1. The fourth-order valence-corrected chi connectivity index (χ4v) is 2.12. The van der Waals surface area contributed by atoms with Crippen LogP contribution in [0.1, 0.15) is 11.7 Å². The van der Waals surface area contributed by atoms with Crippen molar-refractivity contribution >= 4 is 21.8 Å². The molecule has 1 aliphatic heterocycles. The van der Waals surface area contributed by atoms with E-state index in [1.54, 1.807) is 24.3 Å². The minimum absolute atomic E-state index is 0.310. The summed E-state index contributed by atoms with van der Waals surface area (Å²) in [4.78, 5) is 10.9. The largest absolute Gasteiger partial charge is 0.439 e. The number of alkyl carbamates (subject to hydrolysis) is 1. The van der Waals surface area contributed by atoms with E-state index in [0.717, 1.165) is 11.8 Å². The molecule has 1 aliphatic rings. The molecular weight excluding hydrogens is 244 g/mol. The van der Waals surface area contributed by atoms with Gasteiger partial charge in [-0.3, -0.25) is 4.72 Å². The van der Waals surface area contributed by atoms with Gasteiger partial charge in [0.15, 0.2) is 0 Å². The van der Waals surface area contributed by atoms with Crippen molar-refractivity contribution in [2.24, 2.45) is 0 Å². The Morgan fingerprint density at radius 2 is 2.00 bits per heavy atom. The first-order valence-corrected chi connectivity index (χ1v) is 6.85. The maximum absolute atomic E-state index is 11.0. The molecule has 0 saturated carbocycles. The van der Waals surface area contributed by atoms with Gasteiger partial charge in [-0.2, -0.15) is 0 Å². The second kappa shape index (κ2) is 4.25. The van der Waals surface area contributed by atoms with Gasteiger partial charge in [-0.15, -0.1) is 0 Å². The minimum atomic E-state index is -3.27. The number of nitrogens with one attached hydrogen (secondary N) is 2. The molecule has 17 heavy (non-hydrogen) atoms. The van der Waals surface area contributed by atoms with Crippen molar-refractivity contribution in [3.05, 3.63) is 29.8 Å². The molecule has 1 amide bonds. The van der Waals surface area contributed by atoms with Gasteiger partial charge >= 0.3 is 6.09 Å². The Hall–Kier alpha value is -1.76. The van der Waals surface area contributed by atoms with Crippen molar-refractivity contribution in [2.75, 3.05) is 17.5 Å². The van der Waals surface area contributed by atoms with Crippen molar-refractivity contribution < 1.29 is 17.9 Å². The molecule has 1 heterocycles. The van der Waals surface area contributed by atoms with Gasteiger partial charge in [0, 0.05) is 5.69 Å². The first-order chi connectivity index (χ1) is 7.94. The number of benzene rings is 1. The molecule has 92 valence electrons. The van der Waals surface area contributed by atoms with E-state index in [9.17, 15) is 13.2 Å². The highest BCUT2D eigenvalue weighted by atomic mass is 32.2. The third kappa shape index (κ3) is 3.10. The smallest absolute Gasteiger partial charge is 0.407 e. The van der Waals surface area contributed by atoms with E-state index >= 15 is 0 Å². The maximum Gasteiger partial charge on any atom is 0.407 e. The van der Waals surface area contributed by atoms with E-state index in [1.807, 2.05) is 0 Å². The Kier molecular flexibility index (Phi) is 2.93. The molecule has 0 aromatic heterocycles. The van der Waals surface area contributed by atoms with E-state index in [4.69, 9.17) is 4.74 Å². The molecule has 6 nitrogen and oxygen atoms in total. The summed E-state index contributed by atoms with van der Waals surface area (Å²) < 4.78 is 29.3. The van der Waals surface area contributed by atoms with Crippen LogP contribution in [0.4, 0.5) is 10.5 Å². The van der Waals surface area contributed by atoms with Crippen LogP contribution in [-0.4, -0.2) is 27.3 Å². The maximum atomic E-state index is 11.0. The number of ether oxygens (including phenoxy) is 1. The molecule has 2 N–H and O–H groups in total. The molecule has 0 bridgehead atoms. The number of anilines is 1. The van der Waals surface area contributed by atoms with Gasteiger partial charge < -0.3 is 10.1 Å². The quantitative estimate of drug-likeness (QED) is 0.839. The van der Waals surface area contributed by atoms with Gasteiger partial charge in [-0.25, -0.2) is 13.2 Å². The summed E-state index contributed by atoms with van der Waals surface area (Å²) in [6.07, 6.45) is 0.340. The van der Waals surface area contributed by atoms with Crippen LogP contribution >= 0.6 is 0 Å². The summed E-state index contributed by atoms with van der Waals surface area (Å²) in [6, 6.07) is 6.70. The lowest BCUT2D eigenvalue weighted by molar-refractivity contribution is 0.141. The fourth-order valence-electron chi connectivity index (χ4n) is 1.55. The average molecular weight is 256 g/mol. The molecule has 1 aromatic rings. The van der Waals surface area contributed by atoms with Crippen LogP contribution in [0, 0.1) is 0 Å². The summed E-state index contributed by atoms with van der Waals surface area (Å²) in [5.74, 6) is 0. The number of sulfonamides is 1. The Balaban J connectivity index is 2.10. The molecule has 7 heteroatoms. The van der Waals surface area contributed by atoms with Gasteiger partial charge in [0.1, 0.15) is 6.10 Å². The molecule has 1 unspecified atom stereocenters. The lowest BCUT2D eigenvalue weighted by Gasteiger charge is -2.09. The molecule has 1 atom stereocenters. The Bertz CT molecular complexity index is 524. The number of hydrogen-bond acceptors (Lipinski definition) is 4. The van der Waals surface area contributed by atoms with Gasteiger partial charge in [-0.05, 0) is 17.7 Å². The third-order valence-electron chi connectivity index (χ3n) is 2.27. The van der Waals surface area contributed by atoms with E-state index in [-0.39, 0.29) is 6.10 Å². The highest BCUT2D eigenvalue weighted by molar-refractivity contribution is 7.92.